The van der Waals surface area contributed by atoms with Crippen molar-refractivity contribution in [3.05, 3.63) is 27.7 Å². The van der Waals surface area contributed by atoms with E-state index in [0.717, 1.165) is 6.42 Å². The molecule has 0 aliphatic heterocycles. The highest BCUT2D eigenvalue weighted by Gasteiger charge is 2.14. The largest absolute Gasteiger partial charge is 0.493 e. The number of halogens is 2. The van der Waals surface area contributed by atoms with Crippen molar-refractivity contribution in [2.45, 2.75) is 39.7 Å². The number of benzene rings is 1. The summed E-state index contributed by atoms with van der Waals surface area (Å²) < 4.78 is 10.7. The number of hydrogen-bond acceptors (Lipinski definition) is 3. The summed E-state index contributed by atoms with van der Waals surface area (Å²) in [4.78, 5) is 11.7. The summed E-state index contributed by atoms with van der Waals surface area (Å²) in [5.41, 5.74) is 0.688. The van der Waals surface area contributed by atoms with Gasteiger partial charge in [-0.05, 0) is 26.3 Å². The van der Waals surface area contributed by atoms with Gasteiger partial charge in [0.2, 0.25) is 0 Å². The maximum absolute atomic E-state index is 11.7. The first-order chi connectivity index (χ1) is 8.93. The van der Waals surface area contributed by atoms with Crippen LogP contribution in [0.4, 0.5) is 0 Å². The van der Waals surface area contributed by atoms with Crippen molar-refractivity contribution in [2.24, 2.45) is 0 Å². The summed E-state index contributed by atoms with van der Waals surface area (Å²) in [6.07, 6.45) is 0.847. The zero-order valence-electron chi connectivity index (χ0n) is 11.3. The molecule has 0 saturated heterocycles. The van der Waals surface area contributed by atoms with E-state index in [-0.39, 0.29) is 18.5 Å². The summed E-state index contributed by atoms with van der Waals surface area (Å²) in [5, 5.41) is 0.812. The SMILES string of the molecule is CCCOc1cc(Cl)c(Cl)cc1CC(=O)OC(C)C. The first-order valence-electron chi connectivity index (χ1n) is 6.24. The molecule has 1 aromatic carbocycles. The first kappa shape index (κ1) is 16.1. The molecule has 1 aromatic rings. The summed E-state index contributed by atoms with van der Waals surface area (Å²) >= 11 is 11.9. The van der Waals surface area contributed by atoms with Crippen LogP contribution in [0.5, 0.6) is 5.75 Å². The Morgan fingerprint density at radius 1 is 1.26 bits per heavy atom. The quantitative estimate of drug-likeness (QED) is 0.736. The van der Waals surface area contributed by atoms with E-state index in [4.69, 9.17) is 32.7 Å². The van der Waals surface area contributed by atoms with Crippen LogP contribution in [-0.4, -0.2) is 18.7 Å². The summed E-state index contributed by atoms with van der Waals surface area (Å²) in [6.45, 7) is 6.18. The van der Waals surface area contributed by atoms with Gasteiger partial charge in [0.05, 0.1) is 29.2 Å². The maximum atomic E-state index is 11.7. The Morgan fingerprint density at radius 2 is 1.89 bits per heavy atom. The van der Waals surface area contributed by atoms with Gasteiger partial charge < -0.3 is 9.47 Å². The highest BCUT2D eigenvalue weighted by molar-refractivity contribution is 6.42. The Hall–Kier alpha value is -0.930. The van der Waals surface area contributed by atoms with Gasteiger partial charge in [0.25, 0.3) is 0 Å². The molecular formula is C14H18Cl2O3. The van der Waals surface area contributed by atoms with E-state index in [1.165, 1.54) is 0 Å². The number of esters is 1. The average molecular weight is 305 g/mol. The minimum atomic E-state index is -0.310. The van der Waals surface area contributed by atoms with Crippen LogP contribution in [-0.2, 0) is 16.0 Å². The number of hydrogen-bond donors (Lipinski definition) is 0. The van der Waals surface area contributed by atoms with Crippen LogP contribution in [0.15, 0.2) is 12.1 Å². The molecule has 5 heteroatoms. The molecule has 0 bridgehead atoms. The third-order valence-corrected chi connectivity index (χ3v) is 2.99. The second kappa shape index (κ2) is 7.61. The lowest BCUT2D eigenvalue weighted by Gasteiger charge is -2.13. The Kier molecular flexibility index (Phi) is 6.46. The van der Waals surface area contributed by atoms with Crippen LogP contribution in [0.2, 0.25) is 10.0 Å². The van der Waals surface area contributed by atoms with Crippen molar-refractivity contribution in [3.63, 3.8) is 0 Å². The molecule has 0 heterocycles. The van der Waals surface area contributed by atoms with E-state index in [1.54, 1.807) is 26.0 Å². The molecule has 1 rings (SSSR count). The molecule has 0 spiro atoms. The Balaban J connectivity index is 2.90. The van der Waals surface area contributed by atoms with Crippen LogP contribution in [0.1, 0.15) is 32.8 Å². The van der Waals surface area contributed by atoms with Crippen LogP contribution in [0, 0.1) is 0 Å². The minimum Gasteiger partial charge on any atom is -0.493 e. The van der Waals surface area contributed by atoms with Gasteiger partial charge in [0, 0.05) is 11.6 Å². The average Bonchev–Trinajstić information content (AvgIpc) is 2.30. The molecule has 0 amide bonds. The molecule has 0 unspecified atom stereocenters. The number of carbonyl (C=O) groups excluding carboxylic acids is 1. The Labute approximate surface area is 123 Å². The fourth-order valence-corrected chi connectivity index (χ4v) is 1.85. The zero-order chi connectivity index (χ0) is 14.4. The molecule has 19 heavy (non-hydrogen) atoms. The normalized spacial score (nSPS) is 10.6. The van der Waals surface area contributed by atoms with Crippen molar-refractivity contribution >= 4 is 29.2 Å². The monoisotopic (exact) mass is 304 g/mol. The fraction of sp³-hybridized carbons (Fsp3) is 0.500. The van der Waals surface area contributed by atoms with Crippen molar-refractivity contribution in [3.8, 4) is 5.75 Å². The van der Waals surface area contributed by atoms with E-state index in [2.05, 4.69) is 0 Å². The number of carbonyl (C=O) groups is 1. The lowest BCUT2D eigenvalue weighted by Crippen LogP contribution is -2.14. The topological polar surface area (TPSA) is 35.5 Å². The van der Waals surface area contributed by atoms with E-state index in [0.29, 0.717) is 28.0 Å². The van der Waals surface area contributed by atoms with E-state index in [9.17, 15) is 4.79 Å². The van der Waals surface area contributed by atoms with Crippen molar-refractivity contribution in [1.82, 2.24) is 0 Å². The van der Waals surface area contributed by atoms with E-state index in [1.807, 2.05) is 6.92 Å². The standard InChI is InChI=1S/C14H18Cl2O3/c1-4-5-18-13-8-12(16)11(15)6-10(13)7-14(17)19-9(2)3/h6,8-9H,4-5,7H2,1-3H3. The molecule has 0 aliphatic carbocycles. The molecule has 0 aliphatic rings. The Morgan fingerprint density at radius 3 is 2.47 bits per heavy atom. The third-order valence-electron chi connectivity index (χ3n) is 2.27. The van der Waals surface area contributed by atoms with Crippen molar-refractivity contribution in [1.29, 1.82) is 0 Å². The van der Waals surface area contributed by atoms with E-state index < -0.39 is 0 Å². The van der Waals surface area contributed by atoms with Crippen molar-refractivity contribution in [2.75, 3.05) is 6.61 Å². The number of rotatable bonds is 6. The molecule has 0 fully saturated rings. The molecule has 3 nitrogen and oxygen atoms in total. The fourth-order valence-electron chi connectivity index (χ4n) is 1.51. The zero-order valence-corrected chi connectivity index (χ0v) is 12.8. The van der Waals surface area contributed by atoms with Crippen molar-refractivity contribution < 1.29 is 14.3 Å². The molecule has 0 radical (unpaired) electrons. The van der Waals surface area contributed by atoms with Gasteiger partial charge in [-0.2, -0.15) is 0 Å². The van der Waals surface area contributed by atoms with Crippen LogP contribution >= 0.6 is 23.2 Å². The molecule has 106 valence electrons. The molecule has 0 atom stereocenters. The predicted molar refractivity (Wildman–Crippen MR) is 77.2 cm³/mol. The van der Waals surface area contributed by atoms with Crippen LogP contribution in [0.3, 0.4) is 0 Å². The third kappa shape index (κ3) is 5.29. The summed E-state index contributed by atoms with van der Waals surface area (Å²) in [5.74, 6) is 0.270. The first-order valence-corrected chi connectivity index (χ1v) is 6.99. The molecule has 0 saturated carbocycles. The van der Waals surface area contributed by atoms with Crippen LogP contribution < -0.4 is 4.74 Å². The van der Waals surface area contributed by atoms with E-state index >= 15 is 0 Å². The van der Waals surface area contributed by atoms with Gasteiger partial charge in [0.15, 0.2) is 0 Å². The Bertz CT molecular complexity index is 445. The minimum absolute atomic E-state index is 0.119. The van der Waals surface area contributed by atoms with Gasteiger partial charge in [-0.15, -0.1) is 0 Å². The molecular weight excluding hydrogens is 287 g/mol. The predicted octanol–water partition coefficient (Wildman–Crippen LogP) is 4.28. The summed E-state index contributed by atoms with van der Waals surface area (Å²) in [7, 11) is 0. The van der Waals surface area contributed by atoms with Gasteiger partial charge in [-0.25, -0.2) is 0 Å². The molecule has 0 N–H and O–H groups in total. The smallest absolute Gasteiger partial charge is 0.310 e. The van der Waals surface area contributed by atoms with Gasteiger partial charge >= 0.3 is 5.97 Å². The second-order valence-corrected chi connectivity index (χ2v) is 5.25. The van der Waals surface area contributed by atoms with Gasteiger partial charge in [-0.1, -0.05) is 30.1 Å². The lowest BCUT2D eigenvalue weighted by atomic mass is 10.1. The van der Waals surface area contributed by atoms with Gasteiger partial charge in [-0.3, -0.25) is 4.79 Å². The maximum Gasteiger partial charge on any atom is 0.310 e. The van der Waals surface area contributed by atoms with Crippen LogP contribution in [0.25, 0.3) is 0 Å². The summed E-state index contributed by atoms with van der Waals surface area (Å²) in [6, 6.07) is 3.29. The highest BCUT2D eigenvalue weighted by atomic mass is 35.5. The second-order valence-electron chi connectivity index (χ2n) is 4.44. The molecule has 0 aromatic heterocycles. The highest BCUT2D eigenvalue weighted by Crippen LogP contribution is 2.31. The van der Waals surface area contributed by atoms with Gasteiger partial charge in [0.1, 0.15) is 5.75 Å². The number of ether oxygens (including phenoxy) is 2. The lowest BCUT2D eigenvalue weighted by molar-refractivity contribution is -0.146.